The topological polar surface area (TPSA) is 20.2 Å². The molecular weight excluding hydrogens is 223 g/mol. The van der Waals surface area contributed by atoms with E-state index in [-0.39, 0.29) is 5.82 Å². The van der Waals surface area contributed by atoms with Gasteiger partial charge in [0.2, 0.25) is 0 Å². The zero-order chi connectivity index (χ0) is 11.8. The summed E-state index contributed by atoms with van der Waals surface area (Å²) in [5, 5.41) is 12.3. The monoisotopic (exact) mass is 236 g/mol. The maximum atomic E-state index is 13.4. The van der Waals surface area contributed by atoms with Crippen LogP contribution < -0.4 is 0 Å². The van der Waals surface area contributed by atoms with Crippen molar-refractivity contribution < 1.29 is 9.50 Å². The summed E-state index contributed by atoms with van der Waals surface area (Å²) in [7, 11) is 0. The Bertz CT molecular complexity index is 489. The van der Waals surface area contributed by atoms with Gasteiger partial charge in [0.05, 0.1) is 0 Å². The molecule has 0 saturated carbocycles. The largest absolute Gasteiger partial charge is 0.380 e. The van der Waals surface area contributed by atoms with Crippen molar-refractivity contribution in [1.29, 1.82) is 0 Å². The van der Waals surface area contributed by atoms with Crippen molar-refractivity contribution in [2.24, 2.45) is 0 Å². The van der Waals surface area contributed by atoms with Crippen LogP contribution >= 0.6 is 11.3 Å². The van der Waals surface area contributed by atoms with Crippen LogP contribution in [0.4, 0.5) is 4.39 Å². The van der Waals surface area contributed by atoms with Crippen molar-refractivity contribution in [3.05, 3.63) is 57.5 Å². The molecule has 84 valence electrons. The van der Waals surface area contributed by atoms with Crippen molar-refractivity contribution >= 4 is 11.3 Å². The third-order valence-electron chi connectivity index (χ3n) is 2.73. The second-order valence-corrected chi connectivity index (χ2v) is 4.96. The first-order valence-electron chi connectivity index (χ1n) is 5.05. The first-order chi connectivity index (χ1) is 7.51. The fourth-order valence-corrected chi connectivity index (χ4v) is 2.40. The molecule has 0 spiro atoms. The van der Waals surface area contributed by atoms with E-state index in [9.17, 15) is 9.50 Å². The molecule has 1 nitrogen and oxygen atoms in total. The maximum absolute atomic E-state index is 13.4. The fourth-order valence-electron chi connectivity index (χ4n) is 1.59. The number of benzene rings is 1. The minimum absolute atomic E-state index is 0.283. The molecule has 1 atom stereocenters. The lowest BCUT2D eigenvalue weighted by Gasteiger charge is -2.22. The van der Waals surface area contributed by atoms with Crippen LogP contribution in [0.1, 0.15) is 22.9 Å². The Hall–Kier alpha value is -1.19. The van der Waals surface area contributed by atoms with E-state index in [0.717, 1.165) is 4.88 Å². The summed E-state index contributed by atoms with van der Waals surface area (Å²) in [5.41, 5.74) is 0.0479. The van der Waals surface area contributed by atoms with Crippen LogP contribution in [0.3, 0.4) is 0 Å². The smallest absolute Gasteiger partial charge is 0.126 e. The molecule has 1 N–H and O–H groups in total. The first kappa shape index (κ1) is 11.3. The minimum atomic E-state index is -1.12. The zero-order valence-corrected chi connectivity index (χ0v) is 10.0. The molecule has 1 aromatic carbocycles. The summed E-state index contributed by atoms with van der Waals surface area (Å²) in [4.78, 5) is 0.816. The summed E-state index contributed by atoms with van der Waals surface area (Å²) in [5.74, 6) is -0.283. The van der Waals surface area contributed by atoms with Gasteiger partial charge >= 0.3 is 0 Å². The van der Waals surface area contributed by atoms with Crippen molar-refractivity contribution in [3.8, 4) is 0 Å². The zero-order valence-electron chi connectivity index (χ0n) is 9.20. The lowest BCUT2D eigenvalue weighted by molar-refractivity contribution is 0.106. The van der Waals surface area contributed by atoms with Gasteiger partial charge in [-0.05, 0) is 42.5 Å². The second kappa shape index (κ2) is 4.00. The number of hydrogen-bond acceptors (Lipinski definition) is 2. The number of aryl methyl sites for hydroxylation is 1. The molecule has 0 aliphatic rings. The Kier molecular flexibility index (Phi) is 2.82. The quantitative estimate of drug-likeness (QED) is 0.846. The van der Waals surface area contributed by atoms with E-state index < -0.39 is 5.60 Å². The molecule has 0 amide bonds. The summed E-state index contributed by atoms with van der Waals surface area (Å²) < 4.78 is 13.4. The van der Waals surface area contributed by atoms with E-state index >= 15 is 0 Å². The van der Waals surface area contributed by atoms with Crippen LogP contribution in [-0.4, -0.2) is 5.11 Å². The van der Waals surface area contributed by atoms with Crippen molar-refractivity contribution in [1.82, 2.24) is 0 Å². The van der Waals surface area contributed by atoms with Gasteiger partial charge < -0.3 is 5.11 Å². The van der Waals surface area contributed by atoms with Gasteiger partial charge in [-0.15, -0.1) is 11.3 Å². The average molecular weight is 236 g/mol. The van der Waals surface area contributed by atoms with Crippen LogP contribution in [0.15, 0.2) is 35.7 Å². The van der Waals surface area contributed by atoms with Gasteiger partial charge in [0.25, 0.3) is 0 Å². The van der Waals surface area contributed by atoms with Gasteiger partial charge in [-0.3, -0.25) is 0 Å². The van der Waals surface area contributed by atoms with E-state index in [1.807, 2.05) is 17.5 Å². The number of aliphatic hydroxyl groups is 1. The maximum Gasteiger partial charge on any atom is 0.126 e. The first-order valence-corrected chi connectivity index (χ1v) is 5.93. The second-order valence-electron chi connectivity index (χ2n) is 4.01. The molecule has 0 radical (unpaired) electrons. The Morgan fingerprint density at radius 2 is 2.06 bits per heavy atom. The third kappa shape index (κ3) is 1.88. The molecule has 0 aliphatic heterocycles. The lowest BCUT2D eigenvalue weighted by Crippen LogP contribution is -2.21. The Balaban J connectivity index is 2.47. The van der Waals surface area contributed by atoms with Crippen LogP contribution in [0.5, 0.6) is 0 Å². The highest BCUT2D eigenvalue weighted by Gasteiger charge is 2.27. The molecule has 3 heteroatoms. The SMILES string of the molecule is Cc1ccc(C(C)(O)c2cccs2)cc1F. The van der Waals surface area contributed by atoms with E-state index in [1.54, 1.807) is 26.0 Å². The lowest BCUT2D eigenvalue weighted by atomic mass is 9.93. The molecule has 0 bridgehead atoms. The standard InChI is InChI=1S/C13H13FOS/c1-9-5-6-10(8-11(9)14)13(2,15)12-4-3-7-16-12/h3-8,15H,1-2H3. The van der Waals surface area contributed by atoms with Crippen LogP contribution in [0.2, 0.25) is 0 Å². The van der Waals surface area contributed by atoms with Crippen LogP contribution in [0.25, 0.3) is 0 Å². The fraction of sp³-hybridized carbons (Fsp3) is 0.231. The van der Waals surface area contributed by atoms with Crippen molar-refractivity contribution in [2.75, 3.05) is 0 Å². The molecule has 0 fully saturated rings. The highest BCUT2D eigenvalue weighted by Crippen LogP contribution is 2.32. The highest BCUT2D eigenvalue weighted by atomic mass is 32.1. The highest BCUT2D eigenvalue weighted by molar-refractivity contribution is 7.10. The van der Waals surface area contributed by atoms with Gasteiger partial charge in [-0.1, -0.05) is 18.2 Å². The molecule has 2 rings (SSSR count). The van der Waals surface area contributed by atoms with E-state index in [0.29, 0.717) is 11.1 Å². The average Bonchev–Trinajstić information content (AvgIpc) is 2.75. The summed E-state index contributed by atoms with van der Waals surface area (Å²) in [6.07, 6.45) is 0. The van der Waals surface area contributed by atoms with Gasteiger partial charge in [0.1, 0.15) is 11.4 Å². The van der Waals surface area contributed by atoms with E-state index in [1.165, 1.54) is 17.4 Å². The molecule has 16 heavy (non-hydrogen) atoms. The summed E-state index contributed by atoms with van der Waals surface area (Å²) in [6.45, 7) is 3.39. The van der Waals surface area contributed by atoms with Gasteiger partial charge in [0, 0.05) is 4.88 Å². The molecule has 1 heterocycles. The molecule has 2 aromatic rings. The predicted octanol–water partition coefficient (Wildman–Crippen LogP) is 3.45. The van der Waals surface area contributed by atoms with Crippen LogP contribution in [-0.2, 0) is 5.60 Å². The molecule has 0 aliphatic carbocycles. The van der Waals surface area contributed by atoms with E-state index in [4.69, 9.17) is 0 Å². The Morgan fingerprint density at radius 3 is 2.62 bits per heavy atom. The number of halogens is 1. The van der Waals surface area contributed by atoms with E-state index in [2.05, 4.69) is 0 Å². The predicted molar refractivity (Wildman–Crippen MR) is 64.1 cm³/mol. The van der Waals surface area contributed by atoms with Crippen molar-refractivity contribution in [3.63, 3.8) is 0 Å². The minimum Gasteiger partial charge on any atom is -0.380 e. The van der Waals surface area contributed by atoms with Gasteiger partial charge in [0.15, 0.2) is 0 Å². The van der Waals surface area contributed by atoms with Crippen LogP contribution in [0, 0.1) is 12.7 Å². The summed E-state index contributed by atoms with van der Waals surface area (Å²) in [6, 6.07) is 8.57. The number of thiophene rings is 1. The molecule has 1 unspecified atom stereocenters. The Labute approximate surface area is 98.2 Å². The van der Waals surface area contributed by atoms with Gasteiger partial charge in [-0.2, -0.15) is 0 Å². The molecule has 0 saturated heterocycles. The normalized spacial score (nSPS) is 14.8. The number of rotatable bonds is 2. The van der Waals surface area contributed by atoms with Gasteiger partial charge in [-0.25, -0.2) is 4.39 Å². The Morgan fingerprint density at radius 1 is 1.31 bits per heavy atom. The number of hydrogen-bond donors (Lipinski definition) is 1. The van der Waals surface area contributed by atoms with Crippen molar-refractivity contribution in [2.45, 2.75) is 19.4 Å². The molecular formula is C13H13FOS. The summed E-state index contributed by atoms with van der Waals surface area (Å²) >= 11 is 1.46. The third-order valence-corrected chi connectivity index (χ3v) is 3.82. The molecule has 1 aromatic heterocycles.